The SMILES string of the molecule is O=C(NCC(c1ccccc1)c1ccccc1)C1CC(=O)N(Cc2ccco2)C1. The third-order valence-electron chi connectivity index (χ3n) is 5.40. The molecule has 1 unspecified atom stereocenters. The Morgan fingerprint density at radius 1 is 1.00 bits per heavy atom. The molecule has 1 saturated heterocycles. The molecule has 0 aliphatic carbocycles. The maximum atomic E-state index is 12.8. The van der Waals surface area contributed by atoms with Gasteiger partial charge in [0, 0.05) is 25.4 Å². The predicted octanol–water partition coefficient (Wildman–Crippen LogP) is 3.58. The first-order valence-electron chi connectivity index (χ1n) is 9.88. The van der Waals surface area contributed by atoms with Gasteiger partial charge in [-0.3, -0.25) is 9.59 Å². The number of hydrogen-bond acceptors (Lipinski definition) is 3. The molecule has 1 atom stereocenters. The molecule has 29 heavy (non-hydrogen) atoms. The minimum atomic E-state index is -0.329. The summed E-state index contributed by atoms with van der Waals surface area (Å²) in [5.41, 5.74) is 2.31. The Labute approximate surface area is 170 Å². The molecule has 5 heteroatoms. The monoisotopic (exact) mass is 388 g/mol. The zero-order chi connectivity index (χ0) is 20.1. The Morgan fingerprint density at radius 3 is 2.24 bits per heavy atom. The smallest absolute Gasteiger partial charge is 0.225 e. The average Bonchev–Trinajstić information content (AvgIpc) is 3.40. The highest BCUT2D eigenvalue weighted by Gasteiger charge is 2.34. The number of carbonyl (C=O) groups excluding carboxylic acids is 2. The quantitative estimate of drug-likeness (QED) is 0.673. The van der Waals surface area contributed by atoms with Crippen molar-refractivity contribution in [2.24, 2.45) is 5.92 Å². The highest BCUT2D eigenvalue weighted by Crippen LogP contribution is 2.25. The average molecular weight is 388 g/mol. The molecule has 2 heterocycles. The lowest BCUT2D eigenvalue weighted by atomic mass is 9.91. The molecule has 0 saturated carbocycles. The molecule has 1 N–H and O–H groups in total. The zero-order valence-electron chi connectivity index (χ0n) is 16.2. The predicted molar refractivity (Wildman–Crippen MR) is 110 cm³/mol. The topological polar surface area (TPSA) is 62.6 Å². The standard InChI is InChI=1S/C24H24N2O3/c27-23-14-20(16-26(23)17-21-12-7-13-29-21)24(28)25-15-22(18-8-3-1-4-9-18)19-10-5-2-6-11-19/h1-13,20,22H,14-17H2,(H,25,28). The van der Waals surface area contributed by atoms with Gasteiger partial charge in [0.1, 0.15) is 5.76 Å². The van der Waals surface area contributed by atoms with Crippen molar-refractivity contribution in [1.29, 1.82) is 0 Å². The van der Waals surface area contributed by atoms with Crippen LogP contribution < -0.4 is 5.32 Å². The van der Waals surface area contributed by atoms with E-state index in [1.54, 1.807) is 17.2 Å². The second-order valence-electron chi connectivity index (χ2n) is 7.37. The van der Waals surface area contributed by atoms with Crippen LogP contribution in [0.5, 0.6) is 0 Å². The largest absolute Gasteiger partial charge is 0.467 e. The normalized spacial score (nSPS) is 16.4. The first kappa shape index (κ1) is 19.0. The molecule has 2 aromatic carbocycles. The molecular weight excluding hydrogens is 364 g/mol. The van der Waals surface area contributed by atoms with Crippen molar-refractivity contribution in [2.75, 3.05) is 13.1 Å². The fraction of sp³-hybridized carbons (Fsp3) is 0.250. The van der Waals surface area contributed by atoms with E-state index >= 15 is 0 Å². The number of benzene rings is 2. The van der Waals surface area contributed by atoms with Crippen LogP contribution in [0.3, 0.4) is 0 Å². The van der Waals surface area contributed by atoms with Crippen molar-refractivity contribution in [3.63, 3.8) is 0 Å². The summed E-state index contributed by atoms with van der Waals surface area (Å²) >= 11 is 0. The van der Waals surface area contributed by atoms with Crippen molar-refractivity contribution < 1.29 is 14.0 Å². The summed E-state index contributed by atoms with van der Waals surface area (Å²) in [6, 6.07) is 24.0. The summed E-state index contributed by atoms with van der Waals surface area (Å²) < 4.78 is 5.32. The Hall–Kier alpha value is -3.34. The van der Waals surface area contributed by atoms with Crippen molar-refractivity contribution >= 4 is 11.8 Å². The highest BCUT2D eigenvalue weighted by atomic mass is 16.3. The molecule has 2 amide bonds. The lowest BCUT2D eigenvalue weighted by Gasteiger charge is -2.20. The van der Waals surface area contributed by atoms with Crippen LogP contribution in [0.1, 0.15) is 29.2 Å². The van der Waals surface area contributed by atoms with Crippen LogP contribution in [0.2, 0.25) is 0 Å². The molecule has 1 fully saturated rings. The molecule has 1 aromatic heterocycles. The van der Waals surface area contributed by atoms with Gasteiger partial charge in [0.15, 0.2) is 0 Å². The van der Waals surface area contributed by atoms with Crippen molar-refractivity contribution in [3.05, 3.63) is 95.9 Å². The molecular formula is C24H24N2O3. The van der Waals surface area contributed by atoms with E-state index in [1.165, 1.54) is 0 Å². The Kier molecular flexibility index (Phi) is 5.75. The van der Waals surface area contributed by atoms with Crippen LogP contribution in [0.25, 0.3) is 0 Å². The number of likely N-dealkylation sites (tertiary alicyclic amines) is 1. The fourth-order valence-corrected chi connectivity index (χ4v) is 3.84. The van der Waals surface area contributed by atoms with Gasteiger partial charge < -0.3 is 14.6 Å². The third-order valence-corrected chi connectivity index (χ3v) is 5.40. The van der Waals surface area contributed by atoms with Gasteiger partial charge in [-0.2, -0.15) is 0 Å². The van der Waals surface area contributed by atoms with Gasteiger partial charge in [0.05, 0.1) is 18.7 Å². The lowest BCUT2D eigenvalue weighted by molar-refractivity contribution is -0.129. The third kappa shape index (κ3) is 4.57. The number of amides is 2. The first-order chi connectivity index (χ1) is 14.2. The molecule has 5 nitrogen and oxygen atoms in total. The molecule has 1 aliphatic rings. The molecule has 1 aliphatic heterocycles. The van der Waals surface area contributed by atoms with Crippen LogP contribution in [0.15, 0.2) is 83.5 Å². The van der Waals surface area contributed by atoms with Crippen molar-refractivity contribution in [1.82, 2.24) is 10.2 Å². The number of rotatable bonds is 7. The van der Waals surface area contributed by atoms with E-state index in [4.69, 9.17) is 4.42 Å². The van der Waals surface area contributed by atoms with Crippen LogP contribution >= 0.6 is 0 Å². The summed E-state index contributed by atoms with van der Waals surface area (Å²) in [7, 11) is 0. The number of nitrogens with zero attached hydrogens (tertiary/aromatic N) is 1. The van der Waals surface area contributed by atoms with E-state index in [9.17, 15) is 9.59 Å². The number of carbonyl (C=O) groups is 2. The van der Waals surface area contributed by atoms with E-state index < -0.39 is 0 Å². The maximum Gasteiger partial charge on any atom is 0.225 e. The minimum Gasteiger partial charge on any atom is -0.467 e. The molecule has 0 radical (unpaired) electrons. The summed E-state index contributed by atoms with van der Waals surface area (Å²) in [6.45, 7) is 1.33. The second kappa shape index (κ2) is 8.78. The van der Waals surface area contributed by atoms with Crippen molar-refractivity contribution in [3.8, 4) is 0 Å². The van der Waals surface area contributed by atoms with Crippen LogP contribution in [-0.4, -0.2) is 29.8 Å². The fourth-order valence-electron chi connectivity index (χ4n) is 3.84. The van der Waals surface area contributed by atoms with Crippen LogP contribution in [0.4, 0.5) is 0 Å². The van der Waals surface area contributed by atoms with Gasteiger partial charge in [-0.15, -0.1) is 0 Å². The van der Waals surface area contributed by atoms with E-state index in [2.05, 4.69) is 29.6 Å². The highest BCUT2D eigenvalue weighted by molar-refractivity contribution is 5.89. The van der Waals surface area contributed by atoms with Gasteiger partial charge in [-0.05, 0) is 23.3 Å². The van der Waals surface area contributed by atoms with Gasteiger partial charge in [-0.25, -0.2) is 0 Å². The Bertz CT molecular complexity index is 899. The van der Waals surface area contributed by atoms with E-state index in [0.29, 0.717) is 19.6 Å². The molecule has 0 bridgehead atoms. The van der Waals surface area contributed by atoms with Gasteiger partial charge in [0.25, 0.3) is 0 Å². The van der Waals surface area contributed by atoms with Crippen LogP contribution in [0, 0.1) is 5.92 Å². The second-order valence-corrected chi connectivity index (χ2v) is 7.37. The lowest BCUT2D eigenvalue weighted by Crippen LogP contribution is -2.35. The van der Waals surface area contributed by atoms with E-state index in [0.717, 1.165) is 16.9 Å². The van der Waals surface area contributed by atoms with Crippen molar-refractivity contribution in [2.45, 2.75) is 18.9 Å². The van der Waals surface area contributed by atoms with E-state index in [-0.39, 0.29) is 30.1 Å². The first-order valence-corrected chi connectivity index (χ1v) is 9.88. The minimum absolute atomic E-state index is 0.00998. The van der Waals surface area contributed by atoms with Gasteiger partial charge >= 0.3 is 0 Å². The summed E-state index contributed by atoms with van der Waals surface area (Å²) in [5.74, 6) is 0.385. The summed E-state index contributed by atoms with van der Waals surface area (Å²) in [6.07, 6.45) is 1.83. The molecule has 3 aromatic rings. The molecule has 148 valence electrons. The Morgan fingerprint density at radius 2 is 1.66 bits per heavy atom. The number of furan rings is 1. The molecule has 0 spiro atoms. The maximum absolute atomic E-state index is 12.8. The number of nitrogens with one attached hydrogen (secondary N) is 1. The number of hydrogen-bond donors (Lipinski definition) is 1. The van der Waals surface area contributed by atoms with Gasteiger partial charge in [0.2, 0.25) is 11.8 Å². The Balaban J connectivity index is 1.40. The summed E-state index contributed by atoms with van der Waals surface area (Å²) in [5, 5.41) is 3.08. The van der Waals surface area contributed by atoms with Gasteiger partial charge in [-0.1, -0.05) is 60.7 Å². The van der Waals surface area contributed by atoms with Crippen LogP contribution in [-0.2, 0) is 16.1 Å². The van der Waals surface area contributed by atoms with E-state index in [1.807, 2.05) is 42.5 Å². The zero-order valence-corrected chi connectivity index (χ0v) is 16.2. The summed E-state index contributed by atoms with van der Waals surface area (Å²) in [4.78, 5) is 26.8. The molecule has 4 rings (SSSR count).